The molecule has 27 heavy (non-hydrogen) atoms. The first-order valence-corrected chi connectivity index (χ1v) is 9.98. The molecule has 1 aliphatic rings. The Morgan fingerprint density at radius 1 is 1.22 bits per heavy atom. The van der Waals surface area contributed by atoms with Crippen molar-refractivity contribution < 1.29 is 4.79 Å². The summed E-state index contributed by atoms with van der Waals surface area (Å²) in [5.41, 5.74) is 4.14. The van der Waals surface area contributed by atoms with Crippen LogP contribution in [0.4, 0.5) is 5.69 Å². The molecule has 1 atom stereocenters. The summed E-state index contributed by atoms with van der Waals surface area (Å²) in [6, 6.07) is 14.0. The molecule has 2 heterocycles. The molecule has 0 N–H and O–H groups in total. The Morgan fingerprint density at radius 3 is 2.85 bits per heavy atom. The molecule has 1 fully saturated rings. The number of anilines is 1. The highest BCUT2D eigenvalue weighted by atomic mass is 35.5. The topological polar surface area (TPSA) is 38.1 Å². The third-order valence-corrected chi connectivity index (χ3v) is 5.61. The van der Waals surface area contributed by atoms with Gasteiger partial charge in [0.2, 0.25) is 5.91 Å². The van der Waals surface area contributed by atoms with Gasteiger partial charge in [-0.2, -0.15) is 0 Å². The van der Waals surface area contributed by atoms with E-state index >= 15 is 0 Å². The second-order valence-electron chi connectivity index (χ2n) is 7.30. The molecule has 2 aromatic carbocycles. The summed E-state index contributed by atoms with van der Waals surface area (Å²) in [7, 11) is 0. The Hall–Kier alpha value is -2.33. The molecule has 140 valence electrons. The average molecular weight is 382 g/mol. The first-order valence-electron chi connectivity index (χ1n) is 9.60. The number of fused-ring (bicyclic) bond motifs is 1. The molecule has 4 nitrogen and oxygen atoms in total. The van der Waals surface area contributed by atoms with Crippen LogP contribution in [0.1, 0.15) is 43.5 Å². The lowest BCUT2D eigenvalue weighted by Gasteiger charge is -2.20. The number of aryl methyl sites for hydroxylation is 2. The minimum absolute atomic E-state index is 0.0973. The van der Waals surface area contributed by atoms with Gasteiger partial charge in [0.25, 0.3) is 0 Å². The number of nitrogens with zero attached hydrogens (tertiary/aromatic N) is 3. The second kappa shape index (κ2) is 7.35. The monoisotopic (exact) mass is 381 g/mol. The maximum Gasteiger partial charge on any atom is 0.227 e. The molecule has 4 rings (SSSR count). The van der Waals surface area contributed by atoms with Crippen LogP contribution in [0.3, 0.4) is 0 Å². The zero-order valence-electron chi connectivity index (χ0n) is 15.8. The highest BCUT2D eigenvalue weighted by Gasteiger charge is 2.35. The Labute approximate surface area is 164 Å². The maximum absolute atomic E-state index is 12.8. The number of para-hydroxylation sites is 2. The van der Waals surface area contributed by atoms with Gasteiger partial charge in [-0.3, -0.25) is 4.79 Å². The minimum Gasteiger partial charge on any atom is -0.328 e. The van der Waals surface area contributed by atoms with Gasteiger partial charge in [-0.15, -0.1) is 0 Å². The first kappa shape index (κ1) is 18.1. The number of carbonyl (C=O) groups is 1. The number of carbonyl (C=O) groups excluding carboxylic acids is 1. The number of benzene rings is 2. The standard InChI is InChI=1S/C22H24ClN3O/c1-3-4-11-25-19-8-6-5-7-18(19)24-22(25)16-12-21(27)26(14-16)20-13-17(23)10-9-15(20)2/h5-10,13,16H,3-4,11-12,14H2,1-2H3/t16-/m1/s1. The summed E-state index contributed by atoms with van der Waals surface area (Å²) in [6.45, 7) is 5.80. The summed E-state index contributed by atoms with van der Waals surface area (Å²) >= 11 is 6.18. The van der Waals surface area contributed by atoms with Gasteiger partial charge < -0.3 is 9.47 Å². The van der Waals surface area contributed by atoms with Crippen molar-refractivity contribution in [2.24, 2.45) is 0 Å². The van der Waals surface area contributed by atoms with Crippen molar-refractivity contribution in [2.75, 3.05) is 11.4 Å². The minimum atomic E-state index is 0.0973. The fourth-order valence-electron chi connectivity index (χ4n) is 3.94. The van der Waals surface area contributed by atoms with Gasteiger partial charge in [0, 0.05) is 36.1 Å². The van der Waals surface area contributed by atoms with E-state index in [-0.39, 0.29) is 11.8 Å². The van der Waals surface area contributed by atoms with Crippen LogP contribution in [-0.4, -0.2) is 22.0 Å². The molecule has 0 aliphatic carbocycles. The van der Waals surface area contributed by atoms with E-state index in [0.717, 1.165) is 47.5 Å². The predicted molar refractivity (Wildman–Crippen MR) is 111 cm³/mol. The number of rotatable bonds is 5. The summed E-state index contributed by atoms with van der Waals surface area (Å²) in [5, 5.41) is 0.655. The largest absolute Gasteiger partial charge is 0.328 e. The van der Waals surface area contributed by atoms with Crippen LogP contribution in [0.25, 0.3) is 11.0 Å². The quantitative estimate of drug-likeness (QED) is 0.600. The highest BCUT2D eigenvalue weighted by Crippen LogP contribution is 2.35. The highest BCUT2D eigenvalue weighted by molar-refractivity contribution is 6.31. The van der Waals surface area contributed by atoms with Crippen molar-refractivity contribution in [3.8, 4) is 0 Å². The van der Waals surface area contributed by atoms with Gasteiger partial charge >= 0.3 is 0 Å². The van der Waals surface area contributed by atoms with Crippen LogP contribution in [0.5, 0.6) is 0 Å². The summed E-state index contributed by atoms with van der Waals surface area (Å²) in [6.07, 6.45) is 2.72. The smallest absolute Gasteiger partial charge is 0.227 e. The van der Waals surface area contributed by atoms with E-state index in [1.807, 2.05) is 36.1 Å². The molecule has 0 bridgehead atoms. The lowest BCUT2D eigenvalue weighted by Crippen LogP contribution is -2.25. The van der Waals surface area contributed by atoms with Crippen molar-refractivity contribution in [1.82, 2.24) is 9.55 Å². The average Bonchev–Trinajstić information content (AvgIpc) is 3.22. The van der Waals surface area contributed by atoms with Crippen molar-refractivity contribution in [1.29, 1.82) is 0 Å². The van der Waals surface area contributed by atoms with Crippen molar-refractivity contribution in [3.63, 3.8) is 0 Å². The molecule has 1 aliphatic heterocycles. The molecular formula is C22H24ClN3O. The van der Waals surface area contributed by atoms with Crippen LogP contribution in [0.15, 0.2) is 42.5 Å². The lowest BCUT2D eigenvalue weighted by atomic mass is 10.1. The number of hydrogen-bond acceptors (Lipinski definition) is 2. The van der Waals surface area contributed by atoms with E-state index in [2.05, 4.69) is 29.7 Å². The predicted octanol–water partition coefficient (Wildman–Crippen LogP) is 5.32. The molecule has 3 aromatic rings. The van der Waals surface area contributed by atoms with Gasteiger partial charge in [-0.25, -0.2) is 4.98 Å². The molecule has 0 saturated carbocycles. The number of amides is 1. The van der Waals surface area contributed by atoms with Crippen LogP contribution < -0.4 is 4.90 Å². The van der Waals surface area contributed by atoms with Gasteiger partial charge in [0.05, 0.1) is 11.0 Å². The summed E-state index contributed by atoms with van der Waals surface area (Å²) in [4.78, 5) is 19.6. The second-order valence-corrected chi connectivity index (χ2v) is 7.74. The normalized spacial score (nSPS) is 17.2. The zero-order valence-corrected chi connectivity index (χ0v) is 16.5. The van der Waals surface area contributed by atoms with Crippen molar-refractivity contribution >= 4 is 34.2 Å². The van der Waals surface area contributed by atoms with E-state index in [1.165, 1.54) is 0 Å². The van der Waals surface area contributed by atoms with E-state index in [1.54, 1.807) is 0 Å². The third-order valence-electron chi connectivity index (χ3n) is 5.37. The molecule has 5 heteroatoms. The first-order chi connectivity index (χ1) is 13.1. The Balaban J connectivity index is 1.70. The molecule has 0 spiro atoms. The van der Waals surface area contributed by atoms with Crippen LogP contribution in [-0.2, 0) is 11.3 Å². The molecule has 1 amide bonds. The van der Waals surface area contributed by atoms with E-state index in [9.17, 15) is 4.79 Å². The fourth-order valence-corrected chi connectivity index (χ4v) is 4.11. The van der Waals surface area contributed by atoms with Gasteiger partial charge in [0.1, 0.15) is 5.82 Å². The van der Waals surface area contributed by atoms with Gasteiger partial charge in [-0.05, 0) is 43.2 Å². The van der Waals surface area contributed by atoms with E-state index in [0.29, 0.717) is 18.0 Å². The number of unbranched alkanes of at least 4 members (excludes halogenated alkanes) is 1. The Kier molecular flexibility index (Phi) is 4.92. The zero-order chi connectivity index (χ0) is 19.0. The molecular weight excluding hydrogens is 358 g/mol. The fraction of sp³-hybridized carbons (Fsp3) is 0.364. The molecule has 0 unspecified atom stereocenters. The van der Waals surface area contributed by atoms with Gasteiger partial charge in [0.15, 0.2) is 0 Å². The number of halogens is 1. The van der Waals surface area contributed by atoms with Gasteiger partial charge in [-0.1, -0.05) is 43.1 Å². The Bertz CT molecular complexity index is 994. The van der Waals surface area contributed by atoms with E-state index < -0.39 is 0 Å². The lowest BCUT2D eigenvalue weighted by molar-refractivity contribution is -0.117. The van der Waals surface area contributed by atoms with Crippen LogP contribution in [0, 0.1) is 6.92 Å². The molecule has 1 aromatic heterocycles. The number of hydrogen-bond donors (Lipinski definition) is 0. The summed E-state index contributed by atoms with van der Waals surface area (Å²) < 4.78 is 2.31. The number of aromatic nitrogens is 2. The Morgan fingerprint density at radius 2 is 2.04 bits per heavy atom. The summed E-state index contributed by atoms with van der Waals surface area (Å²) in [5.74, 6) is 1.26. The van der Waals surface area contributed by atoms with Crippen molar-refractivity contribution in [2.45, 2.75) is 45.6 Å². The molecule has 1 saturated heterocycles. The van der Waals surface area contributed by atoms with Crippen molar-refractivity contribution in [3.05, 3.63) is 58.9 Å². The number of imidazole rings is 1. The maximum atomic E-state index is 12.8. The third kappa shape index (κ3) is 3.34. The van der Waals surface area contributed by atoms with Crippen LogP contribution >= 0.6 is 11.6 Å². The molecule has 0 radical (unpaired) electrons. The van der Waals surface area contributed by atoms with E-state index in [4.69, 9.17) is 16.6 Å². The van der Waals surface area contributed by atoms with Crippen LogP contribution in [0.2, 0.25) is 5.02 Å². The SMILES string of the molecule is CCCCn1c([C@@H]2CC(=O)N(c3cc(Cl)ccc3C)C2)nc2ccccc21.